The van der Waals surface area contributed by atoms with Gasteiger partial charge in [-0.15, -0.1) is 0 Å². The third-order valence-corrected chi connectivity index (χ3v) is 3.78. The second kappa shape index (κ2) is 6.66. The van der Waals surface area contributed by atoms with Gasteiger partial charge in [-0.25, -0.2) is 4.39 Å². The summed E-state index contributed by atoms with van der Waals surface area (Å²) in [6, 6.07) is 6.60. The normalized spacial score (nSPS) is 20.1. The molecule has 1 saturated heterocycles. The van der Waals surface area contributed by atoms with Crippen molar-refractivity contribution in [3.8, 4) is 0 Å². The van der Waals surface area contributed by atoms with Crippen molar-refractivity contribution in [2.45, 2.75) is 25.8 Å². The monoisotopic (exact) mass is 276 g/mol. The summed E-state index contributed by atoms with van der Waals surface area (Å²) in [6.45, 7) is 3.44. The predicted molar refractivity (Wildman–Crippen MR) is 78.7 cm³/mol. The van der Waals surface area contributed by atoms with Gasteiger partial charge in [0.15, 0.2) is 0 Å². The lowest BCUT2D eigenvalue weighted by molar-refractivity contribution is -0.127. The number of nitrogens with zero attached hydrogens (tertiary/aromatic N) is 1. The van der Waals surface area contributed by atoms with Crippen LogP contribution in [0.3, 0.4) is 0 Å². The Morgan fingerprint density at radius 3 is 2.75 bits per heavy atom. The zero-order valence-electron chi connectivity index (χ0n) is 12.0. The maximum Gasteiger partial charge on any atom is 0.246 e. The minimum Gasteiger partial charge on any atom is -0.338 e. The molecule has 1 N–H and O–H groups in total. The van der Waals surface area contributed by atoms with Crippen LogP contribution < -0.4 is 5.32 Å². The maximum atomic E-state index is 12.9. The van der Waals surface area contributed by atoms with Gasteiger partial charge in [0.1, 0.15) is 5.82 Å². The molecule has 0 bridgehead atoms. The topological polar surface area (TPSA) is 32.3 Å². The minimum absolute atomic E-state index is 0.0341. The minimum atomic E-state index is -0.263. The average Bonchev–Trinajstić information content (AvgIpc) is 2.47. The van der Waals surface area contributed by atoms with E-state index in [1.807, 2.05) is 18.9 Å². The Labute approximate surface area is 119 Å². The molecule has 108 valence electrons. The lowest BCUT2D eigenvalue weighted by Crippen LogP contribution is -2.46. The Bertz CT molecular complexity index is 496. The lowest BCUT2D eigenvalue weighted by atomic mass is 10.0. The van der Waals surface area contributed by atoms with Crippen LogP contribution in [0.1, 0.15) is 25.3 Å². The van der Waals surface area contributed by atoms with Gasteiger partial charge in [-0.2, -0.15) is 0 Å². The van der Waals surface area contributed by atoms with Gasteiger partial charge in [0, 0.05) is 25.2 Å². The molecule has 3 nitrogen and oxygen atoms in total. The number of piperidine rings is 1. The highest BCUT2D eigenvalue weighted by Crippen LogP contribution is 2.16. The molecule has 2 rings (SSSR count). The van der Waals surface area contributed by atoms with Crippen LogP contribution in [0.15, 0.2) is 30.3 Å². The van der Waals surface area contributed by atoms with Gasteiger partial charge in [0.05, 0.1) is 0 Å². The number of carbonyl (C=O) groups is 1. The highest BCUT2D eigenvalue weighted by atomic mass is 19.1. The van der Waals surface area contributed by atoms with Crippen molar-refractivity contribution < 1.29 is 9.18 Å². The summed E-state index contributed by atoms with van der Waals surface area (Å²) in [5, 5.41) is 3.22. The molecule has 1 aromatic rings. The Hall–Kier alpha value is -1.68. The van der Waals surface area contributed by atoms with Gasteiger partial charge >= 0.3 is 0 Å². The molecule has 1 fully saturated rings. The van der Waals surface area contributed by atoms with Crippen LogP contribution in [-0.2, 0) is 4.79 Å². The van der Waals surface area contributed by atoms with Gasteiger partial charge < -0.3 is 10.2 Å². The molecule has 4 heteroatoms. The number of hydrogen-bond acceptors (Lipinski definition) is 2. The first-order chi connectivity index (χ1) is 9.60. The first kappa shape index (κ1) is 14.7. The second-order valence-electron chi connectivity index (χ2n) is 5.25. The van der Waals surface area contributed by atoms with Crippen LogP contribution in [0.2, 0.25) is 0 Å². The Morgan fingerprint density at radius 2 is 2.10 bits per heavy atom. The molecule has 0 saturated carbocycles. The van der Waals surface area contributed by atoms with Crippen molar-refractivity contribution in [2.24, 2.45) is 0 Å². The molecular formula is C16H21FN2O. The van der Waals surface area contributed by atoms with Gasteiger partial charge in [-0.05, 0) is 50.1 Å². The molecule has 1 heterocycles. The Morgan fingerprint density at radius 1 is 1.40 bits per heavy atom. The number of halogens is 1. The fraction of sp³-hybridized carbons (Fsp3) is 0.438. The van der Waals surface area contributed by atoms with E-state index in [4.69, 9.17) is 0 Å². The van der Waals surface area contributed by atoms with Gasteiger partial charge in [0.2, 0.25) is 5.91 Å². The van der Waals surface area contributed by atoms with Crippen molar-refractivity contribution >= 4 is 11.5 Å². The Balaban J connectivity index is 2.05. The van der Waals surface area contributed by atoms with E-state index >= 15 is 0 Å². The summed E-state index contributed by atoms with van der Waals surface area (Å²) in [4.78, 5) is 14.1. The Kier molecular flexibility index (Phi) is 4.90. The molecule has 1 aliphatic heterocycles. The van der Waals surface area contributed by atoms with Crippen LogP contribution in [0.25, 0.3) is 5.57 Å². The van der Waals surface area contributed by atoms with E-state index in [-0.39, 0.29) is 11.7 Å². The van der Waals surface area contributed by atoms with Crippen LogP contribution >= 0.6 is 0 Å². The summed E-state index contributed by atoms with van der Waals surface area (Å²) >= 11 is 0. The van der Waals surface area contributed by atoms with E-state index in [9.17, 15) is 9.18 Å². The van der Waals surface area contributed by atoms with E-state index in [1.165, 1.54) is 12.1 Å². The smallest absolute Gasteiger partial charge is 0.246 e. The van der Waals surface area contributed by atoms with E-state index < -0.39 is 0 Å². The number of hydrogen-bond donors (Lipinski definition) is 1. The lowest BCUT2D eigenvalue weighted by Gasteiger charge is -2.32. The number of carbonyl (C=O) groups excluding carboxylic acids is 1. The van der Waals surface area contributed by atoms with Crippen molar-refractivity contribution in [3.05, 3.63) is 41.7 Å². The number of benzene rings is 1. The molecule has 1 aliphatic rings. The largest absolute Gasteiger partial charge is 0.338 e. The van der Waals surface area contributed by atoms with E-state index in [1.54, 1.807) is 18.2 Å². The van der Waals surface area contributed by atoms with Crippen LogP contribution in [-0.4, -0.2) is 37.0 Å². The highest BCUT2D eigenvalue weighted by molar-refractivity contribution is 5.94. The molecule has 0 aliphatic carbocycles. The SMILES string of the molecule is CNC1CCCN(C(=O)/C=C(/C)c2ccc(F)cc2)C1. The van der Waals surface area contributed by atoms with Crippen molar-refractivity contribution in [1.82, 2.24) is 10.2 Å². The molecular weight excluding hydrogens is 255 g/mol. The number of amides is 1. The van der Waals surface area contributed by atoms with E-state index in [2.05, 4.69) is 5.32 Å². The van der Waals surface area contributed by atoms with E-state index in [0.29, 0.717) is 6.04 Å². The van der Waals surface area contributed by atoms with Crippen molar-refractivity contribution in [1.29, 1.82) is 0 Å². The number of likely N-dealkylation sites (tertiary alicyclic amines) is 1. The standard InChI is InChI=1S/C16H21FN2O/c1-12(13-5-7-14(17)8-6-13)10-16(20)19-9-3-4-15(11-19)18-2/h5-8,10,15,18H,3-4,9,11H2,1-2H3/b12-10-. The summed E-state index contributed by atoms with van der Waals surface area (Å²) in [7, 11) is 1.93. The van der Waals surface area contributed by atoms with Gasteiger partial charge in [-0.3, -0.25) is 4.79 Å². The predicted octanol–water partition coefficient (Wildman–Crippen LogP) is 2.44. The number of nitrogens with one attached hydrogen (secondary N) is 1. The number of rotatable bonds is 3. The molecule has 1 atom stereocenters. The molecule has 0 aromatic heterocycles. The zero-order valence-corrected chi connectivity index (χ0v) is 12.0. The molecule has 0 radical (unpaired) electrons. The summed E-state index contributed by atoms with van der Waals surface area (Å²) in [5.41, 5.74) is 1.74. The van der Waals surface area contributed by atoms with Crippen molar-refractivity contribution in [3.63, 3.8) is 0 Å². The highest BCUT2D eigenvalue weighted by Gasteiger charge is 2.21. The molecule has 20 heavy (non-hydrogen) atoms. The van der Waals surface area contributed by atoms with Gasteiger partial charge in [-0.1, -0.05) is 12.1 Å². The second-order valence-corrected chi connectivity index (χ2v) is 5.25. The zero-order chi connectivity index (χ0) is 14.5. The summed E-state index contributed by atoms with van der Waals surface area (Å²) < 4.78 is 12.9. The first-order valence-electron chi connectivity index (χ1n) is 7.00. The quantitative estimate of drug-likeness (QED) is 0.860. The first-order valence-corrected chi connectivity index (χ1v) is 7.00. The fourth-order valence-corrected chi connectivity index (χ4v) is 2.49. The number of likely N-dealkylation sites (N-methyl/N-ethyl adjacent to an activating group) is 1. The van der Waals surface area contributed by atoms with Gasteiger partial charge in [0.25, 0.3) is 0 Å². The van der Waals surface area contributed by atoms with Crippen LogP contribution in [0.5, 0.6) is 0 Å². The maximum absolute atomic E-state index is 12.9. The van der Waals surface area contributed by atoms with Crippen molar-refractivity contribution in [2.75, 3.05) is 20.1 Å². The number of allylic oxidation sites excluding steroid dienone is 1. The molecule has 1 unspecified atom stereocenters. The van der Waals surface area contributed by atoms with Crippen LogP contribution in [0, 0.1) is 5.82 Å². The summed E-state index contributed by atoms with van der Waals surface area (Å²) in [5.74, 6) is -0.229. The molecule has 0 spiro atoms. The third-order valence-electron chi connectivity index (χ3n) is 3.78. The molecule has 1 aromatic carbocycles. The third kappa shape index (κ3) is 3.67. The summed E-state index contributed by atoms with van der Waals surface area (Å²) in [6.07, 6.45) is 3.78. The van der Waals surface area contributed by atoms with Crippen LogP contribution in [0.4, 0.5) is 4.39 Å². The average molecular weight is 276 g/mol. The fourth-order valence-electron chi connectivity index (χ4n) is 2.49. The van der Waals surface area contributed by atoms with E-state index in [0.717, 1.165) is 37.1 Å². The molecule has 1 amide bonds.